The van der Waals surface area contributed by atoms with Crippen LogP contribution in [0, 0.1) is 0 Å². The summed E-state index contributed by atoms with van der Waals surface area (Å²) in [5, 5.41) is 7.41. The molecule has 2 heterocycles. The molecule has 0 saturated carbocycles. The molecule has 3 nitrogen and oxygen atoms in total. The Hall–Kier alpha value is -1.13. The van der Waals surface area contributed by atoms with Crippen LogP contribution >= 0.6 is 15.9 Å². The maximum atomic E-state index is 5.50. The molecule has 1 atom stereocenters. The Morgan fingerprint density at radius 1 is 1.28 bits per heavy atom. The van der Waals surface area contributed by atoms with Gasteiger partial charge in [-0.15, -0.1) is 0 Å². The maximum absolute atomic E-state index is 5.50. The number of benzene rings is 1. The van der Waals surface area contributed by atoms with Gasteiger partial charge in [-0.05, 0) is 25.5 Å². The van der Waals surface area contributed by atoms with Crippen molar-refractivity contribution in [2.75, 3.05) is 13.1 Å². The van der Waals surface area contributed by atoms with Crippen molar-refractivity contribution >= 4 is 15.9 Å². The average Bonchev–Trinajstić information content (AvgIpc) is 2.89. The van der Waals surface area contributed by atoms with Gasteiger partial charge in [0.15, 0.2) is 0 Å². The molecule has 94 valence electrons. The van der Waals surface area contributed by atoms with Gasteiger partial charge in [0.05, 0.1) is 6.20 Å². The van der Waals surface area contributed by atoms with Crippen molar-refractivity contribution in [3.63, 3.8) is 0 Å². The number of piperidine rings is 1. The van der Waals surface area contributed by atoms with Crippen LogP contribution in [0.2, 0.25) is 0 Å². The molecular formula is C14H15BrN2O. The van der Waals surface area contributed by atoms with E-state index in [-0.39, 0.29) is 0 Å². The van der Waals surface area contributed by atoms with Crippen molar-refractivity contribution in [1.29, 1.82) is 0 Å². The number of halogens is 1. The first-order chi connectivity index (χ1) is 8.86. The van der Waals surface area contributed by atoms with E-state index in [1.54, 1.807) is 0 Å². The minimum atomic E-state index is 0.434. The lowest BCUT2D eigenvalue weighted by molar-refractivity contribution is 0.330. The van der Waals surface area contributed by atoms with Gasteiger partial charge in [0.25, 0.3) is 0 Å². The van der Waals surface area contributed by atoms with Gasteiger partial charge in [0.1, 0.15) is 5.76 Å². The molecule has 1 fully saturated rings. The van der Waals surface area contributed by atoms with Gasteiger partial charge in [-0.25, -0.2) is 0 Å². The van der Waals surface area contributed by atoms with Crippen molar-refractivity contribution in [2.45, 2.75) is 18.8 Å². The highest BCUT2D eigenvalue weighted by Gasteiger charge is 2.23. The highest BCUT2D eigenvalue weighted by molar-refractivity contribution is 9.10. The van der Waals surface area contributed by atoms with Crippen LogP contribution in [-0.2, 0) is 0 Å². The second kappa shape index (κ2) is 5.24. The molecule has 0 amide bonds. The quantitative estimate of drug-likeness (QED) is 0.921. The lowest BCUT2D eigenvalue weighted by Gasteiger charge is -2.21. The molecule has 1 N–H and O–H groups in total. The van der Waals surface area contributed by atoms with E-state index >= 15 is 0 Å². The van der Waals surface area contributed by atoms with E-state index < -0.39 is 0 Å². The first kappa shape index (κ1) is 11.9. The molecule has 1 aliphatic heterocycles. The highest BCUT2D eigenvalue weighted by atomic mass is 79.9. The topological polar surface area (TPSA) is 38.1 Å². The van der Waals surface area contributed by atoms with Crippen LogP contribution in [0.25, 0.3) is 11.1 Å². The molecule has 1 saturated heterocycles. The molecule has 2 aromatic rings. The zero-order valence-electron chi connectivity index (χ0n) is 10.0. The minimum absolute atomic E-state index is 0.434. The largest absolute Gasteiger partial charge is 0.360 e. The predicted molar refractivity (Wildman–Crippen MR) is 74.5 cm³/mol. The van der Waals surface area contributed by atoms with E-state index in [0.717, 1.165) is 34.4 Å². The predicted octanol–water partition coefficient (Wildman–Crippen LogP) is 3.57. The molecule has 18 heavy (non-hydrogen) atoms. The van der Waals surface area contributed by atoms with Crippen LogP contribution in [-0.4, -0.2) is 18.2 Å². The first-order valence-corrected chi connectivity index (χ1v) is 7.06. The normalized spacial score (nSPS) is 19.9. The summed E-state index contributed by atoms with van der Waals surface area (Å²) in [4.78, 5) is 0. The Labute approximate surface area is 115 Å². The molecule has 4 heteroatoms. The van der Waals surface area contributed by atoms with E-state index in [1.807, 2.05) is 24.4 Å². The van der Waals surface area contributed by atoms with Crippen LogP contribution in [0.1, 0.15) is 24.5 Å². The van der Waals surface area contributed by atoms with Gasteiger partial charge >= 0.3 is 0 Å². The number of nitrogens with one attached hydrogen (secondary N) is 1. The average molecular weight is 307 g/mol. The molecular weight excluding hydrogens is 292 g/mol. The van der Waals surface area contributed by atoms with Crippen molar-refractivity contribution in [1.82, 2.24) is 10.5 Å². The summed E-state index contributed by atoms with van der Waals surface area (Å²) in [6.07, 6.45) is 4.18. The lowest BCUT2D eigenvalue weighted by Crippen LogP contribution is -2.28. The molecule has 0 radical (unpaired) electrons. The summed E-state index contributed by atoms with van der Waals surface area (Å²) in [7, 11) is 0. The van der Waals surface area contributed by atoms with Gasteiger partial charge in [-0.3, -0.25) is 0 Å². The molecule has 1 aromatic carbocycles. The van der Waals surface area contributed by atoms with Crippen molar-refractivity contribution in [3.05, 3.63) is 40.7 Å². The SMILES string of the molecule is Brc1ccccc1-c1cnoc1C1CCCNC1. The van der Waals surface area contributed by atoms with Gasteiger partial charge < -0.3 is 9.84 Å². The van der Waals surface area contributed by atoms with Crippen LogP contribution < -0.4 is 5.32 Å². The van der Waals surface area contributed by atoms with Gasteiger partial charge in [0.2, 0.25) is 0 Å². The number of nitrogens with zero attached hydrogens (tertiary/aromatic N) is 1. The summed E-state index contributed by atoms with van der Waals surface area (Å²) in [6.45, 7) is 2.08. The standard InChI is InChI=1S/C14H15BrN2O/c15-13-6-2-1-5-11(13)12-9-17-18-14(12)10-4-3-7-16-8-10/h1-2,5-6,9-10,16H,3-4,7-8H2. The Morgan fingerprint density at radius 3 is 2.94 bits per heavy atom. The Bertz CT molecular complexity index is 532. The van der Waals surface area contributed by atoms with E-state index in [4.69, 9.17) is 4.52 Å². The van der Waals surface area contributed by atoms with E-state index in [0.29, 0.717) is 5.92 Å². The number of aromatic nitrogens is 1. The van der Waals surface area contributed by atoms with Crippen molar-refractivity contribution in [2.24, 2.45) is 0 Å². The number of rotatable bonds is 2. The zero-order chi connectivity index (χ0) is 12.4. The van der Waals surface area contributed by atoms with E-state index in [9.17, 15) is 0 Å². The maximum Gasteiger partial charge on any atom is 0.148 e. The third kappa shape index (κ3) is 2.22. The van der Waals surface area contributed by atoms with Crippen LogP contribution in [0.3, 0.4) is 0 Å². The van der Waals surface area contributed by atoms with Crippen LogP contribution in [0.15, 0.2) is 39.5 Å². The fraction of sp³-hybridized carbons (Fsp3) is 0.357. The van der Waals surface area contributed by atoms with Gasteiger partial charge in [0, 0.05) is 28.1 Å². The van der Waals surface area contributed by atoms with Crippen LogP contribution in [0.5, 0.6) is 0 Å². The summed E-state index contributed by atoms with van der Waals surface area (Å²) in [6, 6.07) is 8.19. The van der Waals surface area contributed by atoms with E-state index in [1.165, 1.54) is 12.8 Å². The fourth-order valence-electron chi connectivity index (χ4n) is 2.50. The molecule has 1 aromatic heterocycles. The third-order valence-electron chi connectivity index (χ3n) is 3.43. The Morgan fingerprint density at radius 2 is 2.17 bits per heavy atom. The van der Waals surface area contributed by atoms with E-state index in [2.05, 4.69) is 32.5 Å². The summed E-state index contributed by atoms with van der Waals surface area (Å²) >= 11 is 3.59. The Balaban J connectivity index is 1.98. The monoisotopic (exact) mass is 306 g/mol. The number of hydrogen-bond donors (Lipinski definition) is 1. The summed E-state index contributed by atoms with van der Waals surface area (Å²) in [5.41, 5.74) is 2.26. The number of hydrogen-bond acceptors (Lipinski definition) is 3. The van der Waals surface area contributed by atoms with Crippen LogP contribution in [0.4, 0.5) is 0 Å². The Kier molecular flexibility index (Phi) is 3.48. The molecule has 3 rings (SSSR count). The zero-order valence-corrected chi connectivity index (χ0v) is 11.6. The summed E-state index contributed by atoms with van der Waals surface area (Å²) < 4.78 is 6.58. The second-order valence-electron chi connectivity index (χ2n) is 4.63. The van der Waals surface area contributed by atoms with Gasteiger partial charge in [-0.2, -0.15) is 0 Å². The fourth-order valence-corrected chi connectivity index (χ4v) is 3.00. The first-order valence-electron chi connectivity index (χ1n) is 6.26. The summed E-state index contributed by atoms with van der Waals surface area (Å²) in [5.74, 6) is 1.44. The molecule has 0 bridgehead atoms. The lowest BCUT2D eigenvalue weighted by atomic mass is 9.92. The third-order valence-corrected chi connectivity index (χ3v) is 4.12. The molecule has 1 unspecified atom stereocenters. The molecule has 0 spiro atoms. The highest BCUT2D eigenvalue weighted by Crippen LogP contribution is 2.35. The van der Waals surface area contributed by atoms with Gasteiger partial charge in [-0.1, -0.05) is 39.3 Å². The van der Waals surface area contributed by atoms with Crippen molar-refractivity contribution < 1.29 is 4.52 Å². The molecule has 0 aliphatic carbocycles. The minimum Gasteiger partial charge on any atom is -0.360 e. The van der Waals surface area contributed by atoms with Crippen molar-refractivity contribution in [3.8, 4) is 11.1 Å². The second-order valence-corrected chi connectivity index (χ2v) is 5.48. The molecule has 1 aliphatic rings. The smallest absolute Gasteiger partial charge is 0.148 e.